The summed E-state index contributed by atoms with van der Waals surface area (Å²) in [6.45, 7) is 1.17. The largest absolute Gasteiger partial charge is 0.490 e. The van der Waals surface area contributed by atoms with Gasteiger partial charge in [0.2, 0.25) is 5.91 Å². The Balaban J connectivity index is 0.000000429. The Bertz CT molecular complexity index is 1160. The maximum atomic E-state index is 14.0. The number of carboxylic acids is 1. The Morgan fingerprint density at radius 2 is 1.63 bits per heavy atom. The van der Waals surface area contributed by atoms with Crippen molar-refractivity contribution in [2.45, 2.75) is 24.4 Å². The highest BCUT2D eigenvalue weighted by atomic mass is 32.2. The average molecular weight is 517 g/mol. The first kappa shape index (κ1) is 26.6. The number of alkyl halides is 3. The number of aliphatic carboxylic acids is 1. The second kappa shape index (κ2) is 10.7. The zero-order valence-corrected chi connectivity index (χ0v) is 19.2. The summed E-state index contributed by atoms with van der Waals surface area (Å²) in [5, 5.41) is 9.47. The number of sulfone groups is 1. The summed E-state index contributed by atoms with van der Waals surface area (Å²) < 4.78 is 71.0. The van der Waals surface area contributed by atoms with E-state index in [4.69, 9.17) is 9.90 Å². The number of benzene rings is 2. The third kappa shape index (κ3) is 6.79. The van der Waals surface area contributed by atoms with Crippen molar-refractivity contribution in [1.82, 2.24) is 4.90 Å². The molecule has 2 aromatic rings. The van der Waals surface area contributed by atoms with Crippen LogP contribution in [0.3, 0.4) is 0 Å². The fourth-order valence-electron chi connectivity index (χ4n) is 4.38. The van der Waals surface area contributed by atoms with Crippen LogP contribution in [-0.2, 0) is 26.0 Å². The molecule has 3 atom stereocenters. The van der Waals surface area contributed by atoms with Crippen LogP contribution in [-0.4, -0.2) is 60.6 Å². The summed E-state index contributed by atoms with van der Waals surface area (Å²) in [4.78, 5) is 23.7. The molecule has 2 N–H and O–H groups in total. The number of likely N-dealkylation sites (tertiary alicyclic amines) is 1. The van der Waals surface area contributed by atoms with Crippen molar-refractivity contribution < 1.29 is 40.7 Å². The second-order valence-electron chi connectivity index (χ2n) is 8.41. The van der Waals surface area contributed by atoms with Gasteiger partial charge in [-0.05, 0) is 24.6 Å². The fraction of sp³-hybridized carbons (Fsp3) is 0.391. The highest BCUT2D eigenvalue weighted by Crippen LogP contribution is 2.38. The minimum absolute atomic E-state index is 0.0224. The van der Waals surface area contributed by atoms with E-state index >= 15 is 0 Å². The van der Waals surface area contributed by atoms with Gasteiger partial charge in [-0.15, -0.1) is 0 Å². The summed E-state index contributed by atoms with van der Waals surface area (Å²) >= 11 is 0. The molecule has 2 fully saturated rings. The number of carboxylic acid groups (broad SMARTS) is 1. The maximum Gasteiger partial charge on any atom is 0.490 e. The van der Waals surface area contributed by atoms with E-state index < -0.39 is 27.2 Å². The number of fused-ring (bicyclic) bond motifs is 1. The number of carbonyl (C=O) groups excluding carboxylic acids is 1. The Morgan fingerprint density at radius 3 is 2.23 bits per heavy atom. The van der Waals surface area contributed by atoms with E-state index in [-0.39, 0.29) is 29.3 Å². The molecule has 0 spiro atoms. The Morgan fingerprint density at radius 1 is 1.03 bits per heavy atom. The van der Waals surface area contributed by atoms with Gasteiger partial charge in [-0.1, -0.05) is 36.4 Å². The highest BCUT2D eigenvalue weighted by molar-refractivity contribution is 7.92. The Labute approximate surface area is 199 Å². The van der Waals surface area contributed by atoms with Crippen LogP contribution in [0.15, 0.2) is 54.6 Å². The van der Waals surface area contributed by atoms with E-state index in [1.807, 2.05) is 35.2 Å². The van der Waals surface area contributed by atoms with E-state index in [0.717, 1.165) is 0 Å². The number of amides is 1. The molecule has 0 radical (unpaired) electrons. The smallest absolute Gasteiger partial charge is 0.475 e. The van der Waals surface area contributed by atoms with Gasteiger partial charge in [-0.2, -0.15) is 13.2 Å². The highest BCUT2D eigenvalue weighted by Gasteiger charge is 2.50. The standard InChI is InChI=1S/C21H23FN2O3S.C2HF3O2/c22-19-9-5-4-6-15(19)12-24-13-18-17(10-11-28(26,27)20(18)14-24)21(25)23-16-7-2-1-3-8-16;3-2(4,5)1(6)7/h1-9,17-18,20H,10-14H2,(H,23,25);(H,6,7)/t17-,18-,20-;/m1./s1. The monoisotopic (exact) mass is 516 g/mol. The summed E-state index contributed by atoms with van der Waals surface area (Å²) in [5.74, 6) is -3.79. The normalized spacial score (nSPS) is 23.5. The zero-order chi connectivity index (χ0) is 25.8. The van der Waals surface area contributed by atoms with Crippen LogP contribution in [0.1, 0.15) is 12.0 Å². The predicted octanol–water partition coefficient (Wildman–Crippen LogP) is 3.33. The van der Waals surface area contributed by atoms with E-state index in [2.05, 4.69) is 5.32 Å². The van der Waals surface area contributed by atoms with Crippen molar-refractivity contribution in [3.8, 4) is 0 Å². The molecule has 2 aliphatic heterocycles. The molecule has 0 saturated carbocycles. The molecule has 0 aliphatic carbocycles. The van der Waals surface area contributed by atoms with E-state index in [0.29, 0.717) is 37.3 Å². The van der Waals surface area contributed by atoms with Crippen molar-refractivity contribution in [1.29, 1.82) is 0 Å². The van der Waals surface area contributed by atoms with Gasteiger partial charge < -0.3 is 10.4 Å². The number of carbonyl (C=O) groups is 2. The molecule has 1 amide bonds. The lowest BCUT2D eigenvalue weighted by atomic mass is 9.87. The second-order valence-corrected chi connectivity index (χ2v) is 10.7. The van der Waals surface area contributed by atoms with Crippen molar-refractivity contribution in [2.75, 3.05) is 24.2 Å². The van der Waals surface area contributed by atoms with Crippen LogP contribution in [0.2, 0.25) is 0 Å². The molecular weight excluding hydrogens is 492 g/mol. The lowest BCUT2D eigenvalue weighted by molar-refractivity contribution is -0.192. The number of para-hydroxylation sites is 1. The van der Waals surface area contributed by atoms with E-state index in [1.54, 1.807) is 18.2 Å². The number of hydrogen-bond donors (Lipinski definition) is 2. The minimum Gasteiger partial charge on any atom is -0.475 e. The van der Waals surface area contributed by atoms with Gasteiger partial charge in [0.15, 0.2) is 9.84 Å². The zero-order valence-electron chi connectivity index (χ0n) is 18.4. The Kier molecular flexibility index (Phi) is 8.16. The number of anilines is 1. The third-order valence-electron chi connectivity index (χ3n) is 6.05. The van der Waals surface area contributed by atoms with Crippen molar-refractivity contribution in [3.05, 3.63) is 66.0 Å². The van der Waals surface area contributed by atoms with Gasteiger partial charge in [-0.25, -0.2) is 17.6 Å². The number of halogens is 4. The summed E-state index contributed by atoms with van der Waals surface area (Å²) in [6.07, 6.45) is -4.75. The van der Waals surface area contributed by atoms with Crippen LogP contribution >= 0.6 is 0 Å². The van der Waals surface area contributed by atoms with E-state index in [9.17, 15) is 30.8 Å². The van der Waals surface area contributed by atoms with Gasteiger partial charge in [0, 0.05) is 42.7 Å². The molecule has 0 unspecified atom stereocenters. The Hall–Kier alpha value is -2.99. The fourth-order valence-corrected chi connectivity index (χ4v) is 6.51. The molecule has 0 bridgehead atoms. The third-order valence-corrected chi connectivity index (χ3v) is 8.27. The van der Waals surface area contributed by atoms with Crippen LogP contribution < -0.4 is 5.32 Å². The molecule has 35 heavy (non-hydrogen) atoms. The summed E-state index contributed by atoms with van der Waals surface area (Å²) in [7, 11) is -3.25. The van der Waals surface area contributed by atoms with Crippen LogP contribution in [0.25, 0.3) is 0 Å². The number of rotatable bonds is 4. The van der Waals surface area contributed by atoms with Crippen LogP contribution in [0, 0.1) is 17.7 Å². The SMILES string of the molecule is O=C(Nc1ccccc1)[C@@H]1CCS(=O)(=O)[C@@H]2CN(Cc3ccccc3F)C[C@@H]21.O=C(O)C(F)(F)F. The number of hydrogen-bond acceptors (Lipinski definition) is 5. The maximum absolute atomic E-state index is 14.0. The average Bonchev–Trinajstić information content (AvgIpc) is 3.21. The van der Waals surface area contributed by atoms with Gasteiger partial charge in [-0.3, -0.25) is 9.69 Å². The number of nitrogens with zero attached hydrogens (tertiary/aromatic N) is 1. The molecule has 7 nitrogen and oxygen atoms in total. The molecule has 2 aromatic carbocycles. The van der Waals surface area contributed by atoms with Crippen LogP contribution in [0.5, 0.6) is 0 Å². The lowest BCUT2D eigenvalue weighted by Gasteiger charge is -2.31. The van der Waals surface area contributed by atoms with Gasteiger partial charge in [0.1, 0.15) is 5.82 Å². The van der Waals surface area contributed by atoms with Gasteiger partial charge >= 0.3 is 12.1 Å². The summed E-state index contributed by atoms with van der Waals surface area (Å²) in [6, 6.07) is 15.7. The van der Waals surface area contributed by atoms with Crippen molar-refractivity contribution in [2.24, 2.45) is 11.8 Å². The molecular formula is C23H24F4N2O5S. The van der Waals surface area contributed by atoms with Gasteiger partial charge in [0.05, 0.1) is 11.0 Å². The van der Waals surface area contributed by atoms with E-state index in [1.165, 1.54) is 6.07 Å². The molecule has 2 heterocycles. The summed E-state index contributed by atoms with van der Waals surface area (Å²) in [5.41, 5.74) is 1.25. The first-order chi connectivity index (χ1) is 16.4. The topological polar surface area (TPSA) is 104 Å². The molecule has 2 aliphatic rings. The molecule has 4 rings (SSSR count). The first-order valence-corrected chi connectivity index (χ1v) is 12.4. The van der Waals surface area contributed by atoms with Crippen molar-refractivity contribution in [3.63, 3.8) is 0 Å². The quantitative estimate of drug-likeness (QED) is 0.605. The lowest BCUT2D eigenvalue weighted by Crippen LogP contribution is -2.45. The van der Waals surface area contributed by atoms with Crippen molar-refractivity contribution >= 4 is 27.4 Å². The van der Waals surface area contributed by atoms with Crippen LogP contribution in [0.4, 0.5) is 23.2 Å². The van der Waals surface area contributed by atoms with Gasteiger partial charge in [0.25, 0.3) is 0 Å². The minimum atomic E-state index is -5.08. The molecule has 0 aromatic heterocycles. The molecule has 2 saturated heterocycles. The number of nitrogens with one attached hydrogen (secondary N) is 1. The molecule has 12 heteroatoms. The first-order valence-electron chi connectivity index (χ1n) is 10.7. The molecule has 190 valence electrons. The predicted molar refractivity (Wildman–Crippen MR) is 120 cm³/mol.